The Kier molecular flexibility index (Phi) is 4.96. The SMILES string of the molecule is CCNc1ncc(C)c(NC2CCCCCC2O)n1. The van der Waals surface area contributed by atoms with Crippen molar-refractivity contribution < 1.29 is 5.11 Å². The summed E-state index contributed by atoms with van der Waals surface area (Å²) in [6.45, 7) is 4.81. The van der Waals surface area contributed by atoms with Gasteiger partial charge in [0, 0.05) is 18.3 Å². The molecule has 19 heavy (non-hydrogen) atoms. The number of nitrogens with one attached hydrogen (secondary N) is 2. The number of rotatable bonds is 4. The molecule has 2 atom stereocenters. The summed E-state index contributed by atoms with van der Waals surface area (Å²) >= 11 is 0. The molecule has 5 nitrogen and oxygen atoms in total. The van der Waals surface area contributed by atoms with Crippen LogP contribution in [0.25, 0.3) is 0 Å². The van der Waals surface area contributed by atoms with Crippen molar-refractivity contribution in [1.82, 2.24) is 9.97 Å². The third-order valence-electron chi connectivity index (χ3n) is 3.61. The van der Waals surface area contributed by atoms with Crippen molar-refractivity contribution in [3.05, 3.63) is 11.8 Å². The number of hydrogen-bond donors (Lipinski definition) is 3. The molecule has 0 amide bonds. The maximum absolute atomic E-state index is 10.2. The topological polar surface area (TPSA) is 70.1 Å². The molecular formula is C14H24N4O. The van der Waals surface area contributed by atoms with E-state index in [9.17, 15) is 5.11 Å². The van der Waals surface area contributed by atoms with Gasteiger partial charge in [-0.1, -0.05) is 19.3 Å². The minimum atomic E-state index is -0.278. The molecule has 1 aromatic rings. The van der Waals surface area contributed by atoms with Gasteiger partial charge in [-0.3, -0.25) is 0 Å². The van der Waals surface area contributed by atoms with Crippen LogP contribution in [0.3, 0.4) is 0 Å². The Morgan fingerprint density at radius 1 is 1.32 bits per heavy atom. The van der Waals surface area contributed by atoms with Crippen LogP contribution in [0.5, 0.6) is 0 Å². The molecule has 0 saturated heterocycles. The third kappa shape index (κ3) is 3.80. The summed E-state index contributed by atoms with van der Waals surface area (Å²) in [5, 5.41) is 16.7. The van der Waals surface area contributed by atoms with Gasteiger partial charge in [0.25, 0.3) is 0 Å². The number of nitrogens with zero attached hydrogens (tertiary/aromatic N) is 2. The lowest BCUT2D eigenvalue weighted by atomic mass is 10.1. The highest BCUT2D eigenvalue weighted by Crippen LogP contribution is 2.22. The molecule has 106 valence electrons. The van der Waals surface area contributed by atoms with Crippen LogP contribution < -0.4 is 10.6 Å². The zero-order chi connectivity index (χ0) is 13.7. The molecule has 1 fully saturated rings. The Bertz CT molecular complexity index is 410. The molecule has 0 spiro atoms. The minimum Gasteiger partial charge on any atom is -0.391 e. The van der Waals surface area contributed by atoms with Crippen molar-refractivity contribution in [2.24, 2.45) is 0 Å². The van der Waals surface area contributed by atoms with E-state index in [1.54, 1.807) is 0 Å². The maximum atomic E-state index is 10.2. The zero-order valence-corrected chi connectivity index (χ0v) is 11.8. The predicted molar refractivity (Wildman–Crippen MR) is 77.4 cm³/mol. The van der Waals surface area contributed by atoms with Gasteiger partial charge in [-0.25, -0.2) is 4.98 Å². The second-order valence-corrected chi connectivity index (χ2v) is 5.21. The lowest BCUT2D eigenvalue weighted by Gasteiger charge is -2.23. The van der Waals surface area contributed by atoms with Crippen LogP contribution in [0.2, 0.25) is 0 Å². The first-order chi connectivity index (χ1) is 9.20. The molecule has 2 rings (SSSR count). The molecule has 1 saturated carbocycles. The molecule has 1 aliphatic carbocycles. The van der Waals surface area contributed by atoms with Crippen molar-refractivity contribution in [2.45, 2.75) is 58.1 Å². The monoisotopic (exact) mass is 264 g/mol. The molecule has 1 heterocycles. The van der Waals surface area contributed by atoms with Crippen molar-refractivity contribution >= 4 is 11.8 Å². The molecule has 3 N–H and O–H groups in total. The van der Waals surface area contributed by atoms with Crippen molar-refractivity contribution in [2.75, 3.05) is 17.2 Å². The highest BCUT2D eigenvalue weighted by Gasteiger charge is 2.22. The summed E-state index contributed by atoms with van der Waals surface area (Å²) in [5.41, 5.74) is 1.01. The third-order valence-corrected chi connectivity index (χ3v) is 3.61. The number of aliphatic hydroxyl groups excluding tert-OH is 1. The average Bonchev–Trinajstić information content (AvgIpc) is 2.59. The van der Waals surface area contributed by atoms with Crippen molar-refractivity contribution in [1.29, 1.82) is 0 Å². The summed E-state index contributed by atoms with van der Waals surface area (Å²) < 4.78 is 0. The van der Waals surface area contributed by atoms with Gasteiger partial charge in [0.15, 0.2) is 0 Å². The Hall–Kier alpha value is -1.36. The number of aryl methyl sites for hydroxylation is 1. The van der Waals surface area contributed by atoms with Gasteiger partial charge in [-0.05, 0) is 26.7 Å². The van der Waals surface area contributed by atoms with Gasteiger partial charge in [0.05, 0.1) is 12.1 Å². The number of aromatic nitrogens is 2. The van der Waals surface area contributed by atoms with Crippen LogP contribution in [-0.2, 0) is 0 Å². The highest BCUT2D eigenvalue weighted by molar-refractivity contribution is 5.47. The van der Waals surface area contributed by atoms with E-state index in [1.807, 2.05) is 20.0 Å². The summed E-state index contributed by atoms with van der Waals surface area (Å²) in [6.07, 6.45) is 6.91. The standard InChI is InChI=1S/C14H24N4O/c1-3-15-14-16-9-10(2)13(18-14)17-11-7-5-4-6-8-12(11)19/h9,11-12,19H,3-8H2,1-2H3,(H2,15,16,17,18). The summed E-state index contributed by atoms with van der Waals surface area (Å²) in [5.74, 6) is 1.47. The molecule has 2 unspecified atom stereocenters. The number of aliphatic hydroxyl groups is 1. The van der Waals surface area contributed by atoms with E-state index in [1.165, 1.54) is 12.8 Å². The molecule has 1 aliphatic rings. The van der Waals surface area contributed by atoms with Crippen molar-refractivity contribution in [3.8, 4) is 0 Å². The minimum absolute atomic E-state index is 0.102. The van der Waals surface area contributed by atoms with Crippen LogP contribution >= 0.6 is 0 Å². The lowest BCUT2D eigenvalue weighted by molar-refractivity contribution is 0.144. The largest absolute Gasteiger partial charge is 0.391 e. The van der Waals surface area contributed by atoms with Crippen LogP contribution in [0, 0.1) is 6.92 Å². The maximum Gasteiger partial charge on any atom is 0.224 e. The Morgan fingerprint density at radius 3 is 2.89 bits per heavy atom. The predicted octanol–water partition coefficient (Wildman–Crippen LogP) is 2.32. The Labute approximate surface area is 114 Å². The fraction of sp³-hybridized carbons (Fsp3) is 0.714. The smallest absolute Gasteiger partial charge is 0.224 e. The number of anilines is 2. The van der Waals surface area contributed by atoms with Gasteiger partial charge in [-0.2, -0.15) is 4.98 Å². The van der Waals surface area contributed by atoms with E-state index in [4.69, 9.17) is 0 Å². The van der Waals surface area contributed by atoms with Crippen molar-refractivity contribution in [3.63, 3.8) is 0 Å². The van der Waals surface area contributed by atoms with E-state index in [0.29, 0.717) is 5.95 Å². The van der Waals surface area contributed by atoms with Gasteiger partial charge in [0.1, 0.15) is 5.82 Å². The van der Waals surface area contributed by atoms with Crippen LogP contribution in [0.4, 0.5) is 11.8 Å². The fourth-order valence-electron chi connectivity index (χ4n) is 2.46. The highest BCUT2D eigenvalue weighted by atomic mass is 16.3. The number of hydrogen-bond acceptors (Lipinski definition) is 5. The second kappa shape index (κ2) is 6.70. The molecule has 0 aliphatic heterocycles. The quantitative estimate of drug-likeness (QED) is 0.728. The van der Waals surface area contributed by atoms with E-state index in [-0.39, 0.29) is 12.1 Å². The molecule has 1 aromatic heterocycles. The Morgan fingerprint density at radius 2 is 2.11 bits per heavy atom. The summed E-state index contributed by atoms with van der Waals surface area (Å²) in [7, 11) is 0. The first-order valence-electron chi connectivity index (χ1n) is 7.23. The van der Waals surface area contributed by atoms with Gasteiger partial charge in [0.2, 0.25) is 5.95 Å². The summed E-state index contributed by atoms with van der Waals surface area (Å²) in [4.78, 5) is 8.71. The Balaban J connectivity index is 2.09. The van der Waals surface area contributed by atoms with Crippen LogP contribution in [0.15, 0.2) is 6.20 Å². The second-order valence-electron chi connectivity index (χ2n) is 5.21. The van der Waals surface area contributed by atoms with Crippen LogP contribution in [0.1, 0.15) is 44.6 Å². The van der Waals surface area contributed by atoms with E-state index in [0.717, 1.165) is 37.2 Å². The molecule has 0 aromatic carbocycles. The summed E-state index contributed by atoms with van der Waals surface area (Å²) in [6, 6.07) is 0.102. The molecule has 0 radical (unpaired) electrons. The van der Waals surface area contributed by atoms with Gasteiger partial charge < -0.3 is 15.7 Å². The molecule has 5 heteroatoms. The average molecular weight is 264 g/mol. The normalized spacial score (nSPS) is 23.7. The molecule has 0 bridgehead atoms. The van der Waals surface area contributed by atoms with E-state index < -0.39 is 0 Å². The molecular weight excluding hydrogens is 240 g/mol. The first-order valence-corrected chi connectivity index (χ1v) is 7.23. The van der Waals surface area contributed by atoms with Crippen LogP contribution in [-0.4, -0.2) is 33.8 Å². The lowest BCUT2D eigenvalue weighted by Crippen LogP contribution is -2.33. The van der Waals surface area contributed by atoms with Gasteiger partial charge in [-0.15, -0.1) is 0 Å². The van der Waals surface area contributed by atoms with E-state index in [2.05, 4.69) is 20.6 Å². The van der Waals surface area contributed by atoms with Gasteiger partial charge >= 0.3 is 0 Å². The van der Waals surface area contributed by atoms with E-state index >= 15 is 0 Å². The first kappa shape index (κ1) is 14.1. The zero-order valence-electron chi connectivity index (χ0n) is 11.8. The fourth-order valence-corrected chi connectivity index (χ4v) is 2.46.